The van der Waals surface area contributed by atoms with Crippen LogP contribution in [0.1, 0.15) is 32.6 Å². The van der Waals surface area contributed by atoms with Crippen LogP contribution in [0.15, 0.2) is 89.8 Å². The summed E-state index contributed by atoms with van der Waals surface area (Å²) in [6.07, 6.45) is 0. The van der Waals surface area contributed by atoms with E-state index in [0.717, 1.165) is 12.1 Å². The highest BCUT2D eigenvalue weighted by molar-refractivity contribution is 6.28. The van der Waals surface area contributed by atoms with E-state index in [-0.39, 0.29) is 44.5 Å². The number of aromatic hydroxyl groups is 3. The van der Waals surface area contributed by atoms with Crippen LogP contribution >= 0.6 is 0 Å². The molecule has 15 heteroatoms. The fourth-order valence-corrected chi connectivity index (χ4v) is 5.83. The number of phenolic OH excluding ortho intramolecular Hbond substituents is 3. The van der Waals surface area contributed by atoms with Crippen molar-refractivity contribution in [2.75, 3.05) is 0 Å². The number of benzene rings is 4. The van der Waals surface area contributed by atoms with E-state index >= 15 is 0 Å². The van der Waals surface area contributed by atoms with Crippen molar-refractivity contribution >= 4 is 62.9 Å². The van der Waals surface area contributed by atoms with Gasteiger partial charge in [0.1, 0.15) is 33.8 Å². The number of aliphatic carboxylic acids is 2. The molecule has 50 heavy (non-hydrogen) atoms. The second-order valence-corrected chi connectivity index (χ2v) is 11.0. The summed E-state index contributed by atoms with van der Waals surface area (Å²) in [6, 6.07) is 13.0. The van der Waals surface area contributed by atoms with E-state index in [1.54, 1.807) is 0 Å². The summed E-state index contributed by atoms with van der Waals surface area (Å²) in [5.74, 6) is -11.7. The van der Waals surface area contributed by atoms with Crippen LogP contribution in [-0.2, 0) is 28.7 Å². The zero-order valence-corrected chi connectivity index (χ0v) is 24.7. The minimum Gasteiger partial charge on any atom is -0.508 e. The highest BCUT2D eigenvalue weighted by Gasteiger charge is 2.41. The van der Waals surface area contributed by atoms with Crippen molar-refractivity contribution < 1.29 is 73.9 Å². The molecule has 0 bridgehead atoms. The zero-order valence-electron chi connectivity index (χ0n) is 24.7. The van der Waals surface area contributed by atoms with Gasteiger partial charge in [0.2, 0.25) is 0 Å². The van der Waals surface area contributed by atoms with Crippen molar-refractivity contribution in [3.05, 3.63) is 118 Å². The second kappa shape index (κ2) is 11.0. The van der Waals surface area contributed by atoms with E-state index in [1.807, 2.05) is 0 Å². The van der Waals surface area contributed by atoms with Gasteiger partial charge >= 0.3 is 29.8 Å². The number of carboxylic acids is 2. The average molecular weight is 679 g/mol. The largest absolute Gasteiger partial charge is 0.508 e. The number of esters is 3. The molecule has 248 valence electrons. The maximum Gasteiger partial charge on any atom is 0.348 e. The molecule has 0 aliphatic carbocycles. The molecule has 0 amide bonds. The Morgan fingerprint density at radius 2 is 1.02 bits per heavy atom. The van der Waals surface area contributed by atoms with Gasteiger partial charge in [-0.2, -0.15) is 0 Å². The first-order valence-corrected chi connectivity index (χ1v) is 14.2. The number of rotatable bonds is 6. The van der Waals surface area contributed by atoms with Crippen molar-refractivity contribution in [1.29, 1.82) is 0 Å². The molecule has 4 aromatic carbocycles. The topological polar surface area (TPSA) is 255 Å². The Balaban J connectivity index is 1.43. The van der Waals surface area contributed by atoms with Crippen LogP contribution in [0.4, 0.5) is 0 Å². The van der Waals surface area contributed by atoms with Gasteiger partial charge in [0.25, 0.3) is 0 Å². The quantitative estimate of drug-likeness (QED) is 0.0859. The lowest BCUT2D eigenvalue weighted by Gasteiger charge is -2.10. The minimum atomic E-state index is -1.61. The molecule has 0 radical (unpaired) electrons. The summed E-state index contributed by atoms with van der Waals surface area (Å²) < 4.78 is 15.6. The van der Waals surface area contributed by atoms with Crippen LogP contribution in [-0.4, -0.2) is 65.6 Å². The number of ether oxygens (including phenoxy) is 3. The Kier molecular flexibility index (Phi) is 6.85. The molecule has 7 N–H and O–H groups in total. The smallest absolute Gasteiger partial charge is 0.348 e. The van der Waals surface area contributed by atoms with Crippen molar-refractivity contribution in [2.45, 2.75) is 0 Å². The maximum atomic E-state index is 13.1. The number of cyclic esters (lactones) is 2. The molecule has 0 atom stereocenters. The lowest BCUT2D eigenvalue weighted by Crippen LogP contribution is -2.06. The Labute approximate surface area is 277 Å². The van der Waals surface area contributed by atoms with E-state index < -0.39 is 92.2 Å². The Morgan fingerprint density at radius 3 is 1.52 bits per heavy atom. The van der Waals surface area contributed by atoms with E-state index in [1.165, 1.54) is 54.6 Å². The van der Waals surface area contributed by atoms with Crippen molar-refractivity contribution in [3.8, 4) is 23.0 Å². The number of aliphatic hydroxyl groups excluding tert-OH is 2. The SMILES string of the molecule is O=C(O)C(=C1OC(=O)C(c2cc3c4c(c(O)c(C5=C(O)C(=C(C(=O)O)c6ccc(O)cc6)OC5=O)cc4c2)OC3=O)=C1O)c1ccc(O)cc1. The van der Waals surface area contributed by atoms with Gasteiger partial charge in [-0.05, 0) is 64.5 Å². The standard InChI is InChI=1S/C35H18O15/c36-16-5-1-12(2-6-16)22(31(41)42)29-26(39)21(34(46)49-29)15-9-14-10-18(25(38)28-20(14)19(11-15)33(45)48-28)24-27(40)30(50-35(24)47)23(32(43)44)13-3-7-17(37)8-4-13/h1-11,36-40H,(H,41,42)(H,43,44). The first-order valence-electron chi connectivity index (χ1n) is 14.2. The summed E-state index contributed by atoms with van der Waals surface area (Å²) in [5.41, 5.74) is -3.48. The van der Waals surface area contributed by atoms with Crippen molar-refractivity contribution in [3.63, 3.8) is 0 Å². The molecule has 0 saturated carbocycles. The predicted molar refractivity (Wildman–Crippen MR) is 167 cm³/mol. The molecular formula is C35H18O15. The third kappa shape index (κ3) is 4.64. The van der Waals surface area contributed by atoms with E-state index in [9.17, 15) is 59.7 Å². The van der Waals surface area contributed by atoms with Gasteiger partial charge in [0.15, 0.2) is 34.5 Å². The summed E-state index contributed by atoms with van der Waals surface area (Å²) in [5, 5.41) is 72.5. The van der Waals surface area contributed by atoms with E-state index in [4.69, 9.17) is 14.2 Å². The highest BCUT2D eigenvalue weighted by atomic mass is 16.6. The van der Waals surface area contributed by atoms with Gasteiger partial charge in [-0.3, -0.25) is 0 Å². The molecular weight excluding hydrogens is 660 g/mol. The van der Waals surface area contributed by atoms with Gasteiger partial charge in [0, 0.05) is 10.9 Å². The van der Waals surface area contributed by atoms with Gasteiger partial charge in [-0.15, -0.1) is 0 Å². The molecule has 3 aliphatic rings. The van der Waals surface area contributed by atoms with E-state index in [2.05, 4.69) is 0 Å². The number of carbonyl (C=O) groups excluding carboxylic acids is 3. The summed E-state index contributed by atoms with van der Waals surface area (Å²) in [7, 11) is 0. The molecule has 7 rings (SSSR count). The van der Waals surface area contributed by atoms with Gasteiger partial charge in [-0.25, -0.2) is 24.0 Å². The normalized spacial score (nSPS) is 17.2. The van der Waals surface area contributed by atoms with Crippen molar-refractivity contribution in [2.24, 2.45) is 0 Å². The van der Waals surface area contributed by atoms with Gasteiger partial charge in [-0.1, -0.05) is 24.3 Å². The van der Waals surface area contributed by atoms with E-state index in [0.29, 0.717) is 0 Å². The fourth-order valence-electron chi connectivity index (χ4n) is 5.83. The van der Waals surface area contributed by atoms with Gasteiger partial charge in [0.05, 0.1) is 5.56 Å². The molecule has 0 spiro atoms. The van der Waals surface area contributed by atoms with Crippen LogP contribution in [0.3, 0.4) is 0 Å². The number of carboxylic acid groups (broad SMARTS) is 2. The third-order valence-electron chi connectivity index (χ3n) is 8.03. The Morgan fingerprint density at radius 1 is 0.540 bits per heavy atom. The lowest BCUT2D eigenvalue weighted by atomic mass is 9.92. The number of hydrogen-bond donors (Lipinski definition) is 7. The molecule has 3 aliphatic heterocycles. The van der Waals surface area contributed by atoms with Crippen LogP contribution in [0.2, 0.25) is 0 Å². The second-order valence-electron chi connectivity index (χ2n) is 11.0. The average Bonchev–Trinajstić information content (AvgIpc) is 3.66. The summed E-state index contributed by atoms with van der Waals surface area (Å²) in [6.45, 7) is 0. The first kappa shape index (κ1) is 31.1. The number of hydrogen-bond acceptors (Lipinski definition) is 13. The molecule has 0 saturated heterocycles. The van der Waals surface area contributed by atoms with Crippen molar-refractivity contribution in [1.82, 2.24) is 0 Å². The van der Waals surface area contributed by atoms with Gasteiger partial charge < -0.3 is 50.0 Å². The first-order chi connectivity index (χ1) is 23.8. The fraction of sp³-hybridized carbons (Fsp3) is 0. The van der Waals surface area contributed by atoms with Crippen LogP contribution in [0.25, 0.3) is 33.1 Å². The Hall–Kier alpha value is -7.55. The molecule has 0 fully saturated rings. The Bertz CT molecular complexity index is 2420. The minimum absolute atomic E-state index is 0.00933. The zero-order chi connectivity index (χ0) is 35.8. The molecule has 0 unspecified atom stereocenters. The highest BCUT2D eigenvalue weighted by Crippen LogP contribution is 2.50. The summed E-state index contributed by atoms with van der Waals surface area (Å²) >= 11 is 0. The van der Waals surface area contributed by atoms with Crippen LogP contribution < -0.4 is 4.74 Å². The lowest BCUT2D eigenvalue weighted by molar-refractivity contribution is -0.133. The molecule has 4 aromatic rings. The molecule has 0 aromatic heterocycles. The van der Waals surface area contributed by atoms with Crippen LogP contribution in [0, 0.1) is 0 Å². The number of aliphatic hydroxyl groups is 2. The van der Waals surface area contributed by atoms with Crippen LogP contribution in [0.5, 0.6) is 23.0 Å². The maximum absolute atomic E-state index is 13.1. The number of phenols is 3. The monoisotopic (exact) mass is 678 g/mol. The third-order valence-corrected chi connectivity index (χ3v) is 8.03. The molecule has 3 heterocycles. The number of carbonyl (C=O) groups is 5. The summed E-state index contributed by atoms with van der Waals surface area (Å²) in [4.78, 5) is 63.6. The predicted octanol–water partition coefficient (Wildman–Crippen LogP) is 4.13. The molecule has 15 nitrogen and oxygen atoms in total.